The van der Waals surface area contributed by atoms with Gasteiger partial charge in [0.15, 0.2) is 11.6 Å². The predicted molar refractivity (Wildman–Crippen MR) is 130 cm³/mol. The van der Waals surface area contributed by atoms with E-state index >= 15 is 0 Å². The number of fused-ring (bicyclic) bond motifs is 1. The first kappa shape index (κ1) is 20.2. The molecule has 172 valence electrons. The van der Waals surface area contributed by atoms with Crippen LogP contribution in [0.5, 0.6) is 0 Å². The second kappa shape index (κ2) is 8.87. The van der Waals surface area contributed by atoms with Crippen LogP contribution < -0.4 is 19.6 Å². The van der Waals surface area contributed by atoms with Crippen LogP contribution in [0, 0.1) is 0 Å². The molecule has 0 N–H and O–H groups in total. The second-order valence-corrected chi connectivity index (χ2v) is 9.88. The fourth-order valence-electron chi connectivity index (χ4n) is 5.73. The summed E-state index contributed by atoms with van der Waals surface area (Å²) in [6.07, 6.45) is 12.4. The van der Waals surface area contributed by atoms with E-state index in [9.17, 15) is 0 Å². The van der Waals surface area contributed by atoms with Gasteiger partial charge in [-0.1, -0.05) is 0 Å². The van der Waals surface area contributed by atoms with Crippen LogP contribution in [0.3, 0.4) is 0 Å². The summed E-state index contributed by atoms with van der Waals surface area (Å²) in [5.74, 6) is 3.84. The Labute approximate surface area is 191 Å². The number of hydrogen-bond acceptors (Lipinski definition) is 8. The van der Waals surface area contributed by atoms with Gasteiger partial charge in [-0.2, -0.15) is 9.97 Å². The van der Waals surface area contributed by atoms with Gasteiger partial charge in [0, 0.05) is 52.4 Å². The molecule has 0 unspecified atom stereocenters. The van der Waals surface area contributed by atoms with Crippen LogP contribution in [0.4, 0.5) is 23.5 Å². The molecule has 8 nitrogen and oxygen atoms in total. The van der Waals surface area contributed by atoms with Gasteiger partial charge < -0.3 is 19.6 Å². The summed E-state index contributed by atoms with van der Waals surface area (Å²) < 4.78 is 0. The van der Waals surface area contributed by atoms with Crippen molar-refractivity contribution in [3.63, 3.8) is 0 Å². The molecule has 2 aromatic heterocycles. The Kier molecular flexibility index (Phi) is 5.61. The van der Waals surface area contributed by atoms with Crippen molar-refractivity contribution >= 4 is 34.6 Å². The van der Waals surface area contributed by atoms with E-state index in [1.165, 1.54) is 64.2 Å². The van der Waals surface area contributed by atoms with E-state index in [-0.39, 0.29) is 0 Å². The van der Waals surface area contributed by atoms with E-state index in [0.717, 1.165) is 86.9 Å². The molecule has 0 saturated carbocycles. The van der Waals surface area contributed by atoms with Crippen LogP contribution in [0.15, 0.2) is 0 Å². The average Bonchev–Trinajstić information content (AvgIpc) is 3.59. The molecular weight excluding hydrogens is 400 g/mol. The molecule has 0 radical (unpaired) electrons. The molecule has 0 atom stereocenters. The largest absolute Gasteiger partial charge is 0.355 e. The Hall–Kier alpha value is -2.38. The zero-order valence-electron chi connectivity index (χ0n) is 19.3. The van der Waals surface area contributed by atoms with Gasteiger partial charge in [0.05, 0.1) is 0 Å². The number of hydrogen-bond donors (Lipinski definition) is 0. The number of piperidine rings is 2. The highest BCUT2D eigenvalue weighted by atomic mass is 15.3. The standard InChI is InChI=1S/C24H36N8/c1-3-15-31(16-4-1)23-25-19-20(21(27-23)29-11-7-8-12-29)26-24(32-17-5-2-6-18-32)28-22(19)30-13-9-10-14-30/h1-18H2. The smallest absolute Gasteiger partial charge is 0.228 e. The van der Waals surface area contributed by atoms with Crippen molar-refractivity contribution < 1.29 is 0 Å². The van der Waals surface area contributed by atoms with E-state index in [1.54, 1.807) is 0 Å². The van der Waals surface area contributed by atoms with Gasteiger partial charge >= 0.3 is 0 Å². The van der Waals surface area contributed by atoms with Gasteiger partial charge in [0.1, 0.15) is 11.0 Å². The first-order valence-electron chi connectivity index (χ1n) is 13.0. The second-order valence-electron chi connectivity index (χ2n) is 9.88. The van der Waals surface area contributed by atoms with E-state index in [4.69, 9.17) is 19.9 Å². The van der Waals surface area contributed by atoms with Crippen LogP contribution >= 0.6 is 0 Å². The normalized spacial score (nSPS) is 22.4. The maximum absolute atomic E-state index is 5.17. The molecule has 0 amide bonds. The minimum absolute atomic E-state index is 0.883. The summed E-state index contributed by atoms with van der Waals surface area (Å²) >= 11 is 0. The lowest BCUT2D eigenvalue weighted by atomic mass is 10.1. The fourth-order valence-corrected chi connectivity index (χ4v) is 5.73. The first-order valence-corrected chi connectivity index (χ1v) is 13.0. The highest BCUT2D eigenvalue weighted by Crippen LogP contribution is 2.35. The van der Waals surface area contributed by atoms with Crippen molar-refractivity contribution in [3.8, 4) is 0 Å². The minimum atomic E-state index is 0.883. The molecule has 6 heterocycles. The van der Waals surface area contributed by atoms with Crippen LogP contribution in [0.2, 0.25) is 0 Å². The maximum atomic E-state index is 5.17. The molecular formula is C24H36N8. The van der Waals surface area contributed by atoms with Crippen LogP contribution in [0.25, 0.3) is 11.0 Å². The van der Waals surface area contributed by atoms with Crippen molar-refractivity contribution in [3.05, 3.63) is 0 Å². The van der Waals surface area contributed by atoms with E-state index in [2.05, 4.69) is 19.6 Å². The molecule has 2 aromatic rings. The lowest BCUT2D eigenvalue weighted by Crippen LogP contribution is -2.33. The van der Waals surface area contributed by atoms with E-state index in [0.29, 0.717) is 0 Å². The topological polar surface area (TPSA) is 64.5 Å². The SMILES string of the molecule is C1CCN(c2nc(N3CCCC3)c3nc(N4CCCCC4)nc(N4CCCC4)c3n2)CC1. The number of nitrogens with zero attached hydrogens (tertiary/aromatic N) is 8. The van der Waals surface area contributed by atoms with Gasteiger partial charge in [-0.25, -0.2) is 9.97 Å². The Morgan fingerprint density at radius 2 is 0.656 bits per heavy atom. The maximum Gasteiger partial charge on any atom is 0.228 e. The summed E-state index contributed by atoms with van der Waals surface area (Å²) in [5, 5.41) is 0. The van der Waals surface area contributed by atoms with Crippen molar-refractivity contribution in [2.45, 2.75) is 64.2 Å². The highest BCUT2D eigenvalue weighted by Gasteiger charge is 2.28. The molecule has 4 aliphatic rings. The van der Waals surface area contributed by atoms with E-state index in [1.807, 2.05) is 0 Å². The summed E-state index contributed by atoms with van der Waals surface area (Å²) in [7, 11) is 0. The minimum Gasteiger partial charge on any atom is -0.355 e. The molecule has 6 rings (SSSR count). The third kappa shape index (κ3) is 3.82. The van der Waals surface area contributed by atoms with E-state index < -0.39 is 0 Å². The molecule has 0 aromatic carbocycles. The molecule has 4 fully saturated rings. The summed E-state index contributed by atoms with van der Waals surface area (Å²) in [6.45, 7) is 8.46. The Morgan fingerprint density at radius 1 is 0.344 bits per heavy atom. The quantitative estimate of drug-likeness (QED) is 0.720. The predicted octanol–water partition coefficient (Wildman–Crippen LogP) is 3.60. The number of rotatable bonds is 4. The molecule has 32 heavy (non-hydrogen) atoms. The monoisotopic (exact) mass is 436 g/mol. The van der Waals surface area contributed by atoms with Crippen molar-refractivity contribution in [1.29, 1.82) is 0 Å². The Bertz CT molecular complexity index is 861. The van der Waals surface area contributed by atoms with Gasteiger partial charge in [0.2, 0.25) is 11.9 Å². The van der Waals surface area contributed by atoms with Crippen molar-refractivity contribution in [2.75, 3.05) is 72.0 Å². The first-order chi connectivity index (χ1) is 15.9. The molecule has 4 saturated heterocycles. The van der Waals surface area contributed by atoms with Gasteiger partial charge in [0.25, 0.3) is 0 Å². The van der Waals surface area contributed by atoms with Gasteiger partial charge in [-0.15, -0.1) is 0 Å². The molecule has 0 spiro atoms. The summed E-state index contributed by atoms with van der Waals surface area (Å²) in [5.41, 5.74) is 1.93. The number of aromatic nitrogens is 4. The number of anilines is 4. The molecule has 4 aliphatic heterocycles. The average molecular weight is 437 g/mol. The third-order valence-electron chi connectivity index (χ3n) is 7.57. The fraction of sp³-hybridized carbons (Fsp3) is 0.750. The van der Waals surface area contributed by atoms with Crippen LogP contribution in [-0.2, 0) is 0 Å². The summed E-state index contributed by atoms with van der Waals surface area (Å²) in [4.78, 5) is 30.3. The Morgan fingerprint density at radius 3 is 1.03 bits per heavy atom. The third-order valence-corrected chi connectivity index (χ3v) is 7.57. The van der Waals surface area contributed by atoms with Gasteiger partial charge in [-0.3, -0.25) is 0 Å². The zero-order chi connectivity index (χ0) is 21.3. The molecule has 8 heteroatoms. The van der Waals surface area contributed by atoms with Crippen molar-refractivity contribution in [1.82, 2.24) is 19.9 Å². The molecule has 0 bridgehead atoms. The zero-order valence-corrected chi connectivity index (χ0v) is 19.3. The summed E-state index contributed by atoms with van der Waals surface area (Å²) in [6, 6.07) is 0. The lowest BCUT2D eigenvalue weighted by molar-refractivity contribution is 0.567. The highest BCUT2D eigenvalue weighted by molar-refractivity contribution is 5.95. The Balaban J connectivity index is 1.53. The van der Waals surface area contributed by atoms with Crippen LogP contribution in [0.1, 0.15) is 64.2 Å². The lowest BCUT2D eigenvalue weighted by Gasteiger charge is -2.31. The molecule has 0 aliphatic carbocycles. The van der Waals surface area contributed by atoms with Crippen LogP contribution in [-0.4, -0.2) is 72.3 Å². The van der Waals surface area contributed by atoms with Gasteiger partial charge in [-0.05, 0) is 64.2 Å². The van der Waals surface area contributed by atoms with Crippen molar-refractivity contribution in [2.24, 2.45) is 0 Å².